The number of rotatable bonds is 20. The van der Waals surface area contributed by atoms with Crippen molar-refractivity contribution in [1.82, 2.24) is 30.5 Å². The number of para-hydroxylation sites is 1. The lowest BCUT2D eigenvalue weighted by molar-refractivity contribution is -0.161. The van der Waals surface area contributed by atoms with E-state index < -0.39 is 24.3 Å². The van der Waals surface area contributed by atoms with E-state index in [1.807, 2.05) is 108 Å². The second-order valence-electron chi connectivity index (χ2n) is 14.1. The summed E-state index contributed by atoms with van der Waals surface area (Å²) in [5.74, 6) is -0.0676. The normalized spacial score (nSPS) is 12.1. The highest BCUT2D eigenvalue weighted by Gasteiger charge is 2.30. The topological polar surface area (TPSA) is 126 Å². The molecular weight excluding hydrogens is 811 g/mol. The number of urea groups is 1. The molecule has 3 N–H and O–H groups in total. The molecule has 0 unspecified atom stereocenters. The minimum Gasteiger partial charge on any atom is -0.488 e. The fourth-order valence-electron chi connectivity index (χ4n) is 6.16. The highest BCUT2D eigenvalue weighted by atomic mass is 127. The first-order valence-corrected chi connectivity index (χ1v) is 19.6. The molecule has 0 saturated carbocycles. The average Bonchev–Trinajstić information content (AvgIpc) is 3.43. The van der Waals surface area contributed by atoms with E-state index in [1.165, 1.54) is 5.01 Å². The number of hydrogen-bond acceptors (Lipinski definition) is 7. The van der Waals surface area contributed by atoms with Gasteiger partial charge in [0.1, 0.15) is 17.4 Å². The zero-order chi connectivity index (χ0) is 40.0. The van der Waals surface area contributed by atoms with Crippen LogP contribution in [0.15, 0.2) is 91.6 Å². The van der Waals surface area contributed by atoms with E-state index in [-0.39, 0.29) is 44.1 Å². The molecule has 0 fully saturated rings. The second-order valence-corrected chi connectivity index (χ2v) is 15.3. The van der Waals surface area contributed by atoms with Crippen LogP contribution in [0.3, 0.4) is 0 Å². The Labute approximate surface area is 338 Å². The third-order valence-electron chi connectivity index (χ3n) is 8.44. The fourth-order valence-corrected chi connectivity index (χ4v) is 7.01. The lowest BCUT2D eigenvalue weighted by atomic mass is 10.0. The number of nitrogens with one attached hydrogen (secondary N) is 3. The van der Waals surface area contributed by atoms with E-state index in [4.69, 9.17) is 14.2 Å². The Morgan fingerprint density at radius 2 is 1.64 bits per heavy atom. The van der Waals surface area contributed by atoms with E-state index in [0.717, 1.165) is 31.2 Å². The molecule has 0 aliphatic rings. The van der Waals surface area contributed by atoms with Crippen LogP contribution in [0.1, 0.15) is 51.3 Å². The maximum absolute atomic E-state index is 14.9. The van der Waals surface area contributed by atoms with Crippen LogP contribution in [0.5, 0.6) is 5.75 Å². The number of fused-ring (bicyclic) bond motifs is 1. The summed E-state index contributed by atoms with van der Waals surface area (Å²) in [5.41, 5.74) is 6.07. The molecule has 0 bridgehead atoms. The molecule has 12 nitrogen and oxygen atoms in total. The summed E-state index contributed by atoms with van der Waals surface area (Å²) in [6.45, 7) is 14.9. The number of hydrazine groups is 1. The predicted octanol–water partition coefficient (Wildman–Crippen LogP) is 6.32. The van der Waals surface area contributed by atoms with Crippen molar-refractivity contribution in [3.8, 4) is 5.75 Å². The summed E-state index contributed by atoms with van der Waals surface area (Å²) < 4.78 is 21.0. The van der Waals surface area contributed by atoms with E-state index in [0.29, 0.717) is 25.5 Å². The SMILES string of the molecule is C=CCN(CC(=O)N[C@@H](Cc1ccc(OC(C)(C)C)cc1)C(=O)N(Cc1cccc2c(I)cn(C)c12)CC(OCC)OCC)NC(=O)NCc1ccccc1. The number of carbonyl (C=O) groups excluding carboxylic acids is 3. The fraction of sp³-hybridized carbons (Fsp3) is 0.405. The van der Waals surface area contributed by atoms with Gasteiger partial charge >= 0.3 is 6.03 Å². The van der Waals surface area contributed by atoms with Gasteiger partial charge in [-0.25, -0.2) is 9.80 Å². The highest BCUT2D eigenvalue weighted by Crippen LogP contribution is 2.27. The van der Waals surface area contributed by atoms with Gasteiger partial charge in [0.25, 0.3) is 0 Å². The Morgan fingerprint density at radius 1 is 0.945 bits per heavy atom. The standard InChI is InChI=1S/C42H55IN6O6/c1-8-23-49(46-41(52)44-25-31-15-12-11-13-16-31)28-37(50)45-36(24-30-19-21-33(22-20-30)55-42(4,5)6)40(51)48(29-38(53-9-2)54-10-3)26-32-17-14-18-34-35(43)27-47(7)39(32)34/h8,11-22,27,36,38H,1,9-10,23-26,28-29H2,2-7H3,(H,45,50)(H2,44,46,52)/t36-/m0/s1. The lowest BCUT2D eigenvalue weighted by Gasteiger charge is -2.32. The third-order valence-corrected chi connectivity index (χ3v) is 9.30. The zero-order valence-electron chi connectivity index (χ0n) is 32.8. The van der Waals surface area contributed by atoms with Crippen LogP contribution in [0.25, 0.3) is 10.9 Å². The first kappa shape index (κ1) is 43.3. The number of carbonyl (C=O) groups is 3. The summed E-state index contributed by atoms with van der Waals surface area (Å²) in [5, 5.41) is 8.34. The van der Waals surface area contributed by atoms with Gasteiger partial charge in [-0.15, -0.1) is 6.58 Å². The lowest BCUT2D eigenvalue weighted by Crippen LogP contribution is -2.55. The van der Waals surface area contributed by atoms with Gasteiger partial charge in [0.05, 0.1) is 18.6 Å². The number of ether oxygens (including phenoxy) is 3. The molecule has 0 radical (unpaired) electrons. The number of amides is 4. The summed E-state index contributed by atoms with van der Waals surface area (Å²) >= 11 is 2.32. The summed E-state index contributed by atoms with van der Waals surface area (Å²) in [4.78, 5) is 43.2. The molecule has 55 heavy (non-hydrogen) atoms. The molecule has 0 aliphatic carbocycles. The summed E-state index contributed by atoms with van der Waals surface area (Å²) in [7, 11) is 1.99. The minimum absolute atomic E-state index is 0.134. The number of nitrogens with zero attached hydrogens (tertiary/aromatic N) is 3. The van der Waals surface area contributed by atoms with Gasteiger partial charge in [-0.3, -0.25) is 15.0 Å². The zero-order valence-corrected chi connectivity index (χ0v) is 34.9. The van der Waals surface area contributed by atoms with Crippen molar-refractivity contribution in [2.24, 2.45) is 7.05 Å². The molecule has 13 heteroatoms. The number of halogens is 1. The van der Waals surface area contributed by atoms with Gasteiger partial charge in [0, 0.05) is 61.5 Å². The molecule has 0 spiro atoms. The van der Waals surface area contributed by atoms with Gasteiger partial charge in [-0.1, -0.05) is 66.7 Å². The average molecular weight is 867 g/mol. The molecule has 4 aromatic rings. The third kappa shape index (κ3) is 13.7. The largest absolute Gasteiger partial charge is 0.488 e. The van der Waals surface area contributed by atoms with E-state index in [2.05, 4.69) is 62.1 Å². The molecule has 0 aliphatic heterocycles. The summed E-state index contributed by atoms with van der Waals surface area (Å²) in [6, 6.07) is 21.7. The molecule has 296 valence electrons. The molecule has 3 aromatic carbocycles. The summed E-state index contributed by atoms with van der Waals surface area (Å²) in [6.07, 6.45) is 3.16. The first-order valence-electron chi connectivity index (χ1n) is 18.6. The van der Waals surface area contributed by atoms with E-state index in [1.54, 1.807) is 11.0 Å². The maximum Gasteiger partial charge on any atom is 0.329 e. The van der Waals surface area contributed by atoms with Crippen molar-refractivity contribution in [2.45, 2.75) is 72.1 Å². The molecule has 4 rings (SSSR count). The molecule has 4 amide bonds. The van der Waals surface area contributed by atoms with Crippen molar-refractivity contribution in [3.63, 3.8) is 0 Å². The van der Waals surface area contributed by atoms with Crippen LogP contribution in [0.4, 0.5) is 4.79 Å². The van der Waals surface area contributed by atoms with Crippen molar-refractivity contribution < 1.29 is 28.6 Å². The van der Waals surface area contributed by atoms with Crippen LogP contribution in [0, 0.1) is 3.57 Å². The van der Waals surface area contributed by atoms with Crippen LogP contribution in [0.2, 0.25) is 0 Å². The Bertz CT molecular complexity index is 1850. The number of benzene rings is 3. The smallest absolute Gasteiger partial charge is 0.329 e. The van der Waals surface area contributed by atoms with E-state index >= 15 is 0 Å². The molecule has 1 aromatic heterocycles. The van der Waals surface area contributed by atoms with Crippen LogP contribution in [-0.4, -0.2) is 83.1 Å². The van der Waals surface area contributed by atoms with Crippen LogP contribution in [-0.2, 0) is 45.6 Å². The Hall–Kier alpha value is -4.44. The number of hydrogen-bond donors (Lipinski definition) is 3. The Balaban J connectivity index is 1.62. The number of aryl methyl sites for hydroxylation is 1. The van der Waals surface area contributed by atoms with E-state index in [9.17, 15) is 14.4 Å². The van der Waals surface area contributed by atoms with Crippen LogP contribution < -0.4 is 20.8 Å². The van der Waals surface area contributed by atoms with Crippen molar-refractivity contribution in [3.05, 3.63) is 112 Å². The monoisotopic (exact) mass is 866 g/mol. The molecule has 0 saturated heterocycles. The quantitative estimate of drug-likeness (QED) is 0.0411. The minimum atomic E-state index is -0.976. The Morgan fingerprint density at radius 3 is 2.27 bits per heavy atom. The first-order chi connectivity index (χ1) is 26.3. The highest BCUT2D eigenvalue weighted by molar-refractivity contribution is 14.1. The molecular formula is C42H55IN6O6. The van der Waals surface area contributed by atoms with Gasteiger partial charge in [0.15, 0.2) is 6.29 Å². The van der Waals surface area contributed by atoms with Gasteiger partial charge < -0.3 is 34.3 Å². The second kappa shape index (κ2) is 21.0. The van der Waals surface area contributed by atoms with Gasteiger partial charge in [-0.05, 0) is 86.0 Å². The van der Waals surface area contributed by atoms with Crippen molar-refractivity contribution in [2.75, 3.05) is 32.8 Å². The van der Waals surface area contributed by atoms with Crippen LogP contribution >= 0.6 is 22.6 Å². The predicted molar refractivity (Wildman–Crippen MR) is 224 cm³/mol. The van der Waals surface area contributed by atoms with Crippen molar-refractivity contribution >= 4 is 51.3 Å². The Kier molecular flexibility index (Phi) is 16.5. The molecule has 1 heterocycles. The van der Waals surface area contributed by atoms with Crippen molar-refractivity contribution in [1.29, 1.82) is 0 Å². The van der Waals surface area contributed by atoms with Gasteiger partial charge in [0.2, 0.25) is 11.8 Å². The van der Waals surface area contributed by atoms with Gasteiger partial charge in [-0.2, -0.15) is 0 Å². The number of aromatic nitrogens is 1. The maximum atomic E-state index is 14.9. The molecule has 1 atom stereocenters.